The summed E-state index contributed by atoms with van der Waals surface area (Å²) in [6.07, 6.45) is 39.8. The van der Waals surface area contributed by atoms with Gasteiger partial charge in [0.2, 0.25) is 0 Å². The second kappa shape index (κ2) is 32.2. The molecular formula is C49H99NO4. The number of methoxy groups -OCH3 is 1. The number of hydrogen-bond acceptors (Lipinski definition) is 4. The zero-order chi connectivity index (χ0) is 40.6. The van der Waals surface area contributed by atoms with Crippen LogP contribution in [0.3, 0.4) is 0 Å². The summed E-state index contributed by atoms with van der Waals surface area (Å²) in [5.41, 5.74) is -1.10. The number of rotatable bonds is 39. The summed E-state index contributed by atoms with van der Waals surface area (Å²) < 4.78 is 18.1. The lowest BCUT2D eigenvalue weighted by Crippen LogP contribution is -2.43. The first-order chi connectivity index (χ1) is 25.6. The summed E-state index contributed by atoms with van der Waals surface area (Å²) in [5.74, 6) is 0. The Hall–Kier alpha value is -0.810. The lowest BCUT2D eigenvalue weighted by molar-refractivity contribution is -0.0826. The second-order valence-corrected chi connectivity index (χ2v) is 19.9. The van der Waals surface area contributed by atoms with Crippen LogP contribution in [-0.2, 0) is 14.2 Å². The molecule has 54 heavy (non-hydrogen) atoms. The summed E-state index contributed by atoms with van der Waals surface area (Å²) in [4.78, 5) is 13.4. The number of amides is 1. The SMILES string of the molecule is CCCCCCCCCCCCCCCC(CCCCCCCCCCCCCCC)NC(=O)OC(C)(C)CC(C)(C)CC(C)(C)OCCC(C)(C)OC. The van der Waals surface area contributed by atoms with Gasteiger partial charge in [0, 0.05) is 13.2 Å². The molecule has 0 saturated heterocycles. The zero-order valence-corrected chi connectivity index (χ0v) is 38.8. The summed E-state index contributed by atoms with van der Waals surface area (Å²) >= 11 is 0. The first kappa shape index (κ1) is 53.2. The van der Waals surface area contributed by atoms with Crippen LogP contribution in [0.4, 0.5) is 4.79 Å². The third kappa shape index (κ3) is 34.4. The van der Waals surface area contributed by atoms with Crippen molar-refractivity contribution in [1.29, 1.82) is 0 Å². The van der Waals surface area contributed by atoms with E-state index in [1.54, 1.807) is 7.11 Å². The number of hydrogen-bond donors (Lipinski definition) is 1. The normalized spacial score (nSPS) is 12.9. The average Bonchev–Trinajstić information content (AvgIpc) is 3.07. The van der Waals surface area contributed by atoms with Crippen LogP contribution in [0, 0.1) is 5.41 Å². The Morgan fingerprint density at radius 3 is 1.17 bits per heavy atom. The lowest BCUT2D eigenvalue weighted by atomic mass is 9.74. The van der Waals surface area contributed by atoms with Gasteiger partial charge in [-0.3, -0.25) is 0 Å². The van der Waals surface area contributed by atoms with Gasteiger partial charge in [-0.25, -0.2) is 4.79 Å². The fourth-order valence-corrected chi connectivity index (χ4v) is 8.68. The second-order valence-electron chi connectivity index (χ2n) is 19.9. The minimum absolute atomic E-state index is 0.0628. The van der Waals surface area contributed by atoms with Crippen molar-refractivity contribution in [2.45, 2.75) is 291 Å². The van der Waals surface area contributed by atoms with Crippen molar-refractivity contribution in [3.63, 3.8) is 0 Å². The fraction of sp³-hybridized carbons (Fsp3) is 0.980. The van der Waals surface area contributed by atoms with Crippen LogP contribution in [0.25, 0.3) is 0 Å². The third-order valence-electron chi connectivity index (χ3n) is 11.6. The molecule has 0 aromatic heterocycles. The molecule has 0 unspecified atom stereocenters. The van der Waals surface area contributed by atoms with E-state index in [4.69, 9.17) is 14.2 Å². The molecule has 5 nitrogen and oxygen atoms in total. The quantitative estimate of drug-likeness (QED) is 0.0633. The van der Waals surface area contributed by atoms with Gasteiger partial charge < -0.3 is 19.5 Å². The molecule has 1 N–H and O–H groups in total. The van der Waals surface area contributed by atoms with E-state index in [0.717, 1.165) is 32.1 Å². The van der Waals surface area contributed by atoms with E-state index in [0.29, 0.717) is 6.61 Å². The van der Waals surface area contributed by atoms with E-state index in [-0.39, 0.29) is 28.8 Å². The molecule has 0 aliphatic rings. The molecule has 324 valence electrons. The average molecular weight is 766 g/mol. The van der Waals surface area contributed by atoms with Crippen LogP contribution in [0.2, 0.25) is 0 Å². The maximum absolute atomic E-state index is 13.4. The Labute approximate surface area is 339 Å². The molecule has 0 aromatic rings. The van der Waals surface area contributed by atoms with Gasteiger partial charge in [0.25, 0.3) is 0 Å². The zero-order valence-electron chi connectivity index (χ0n) is 38.8. The third-order valence-corrected chi connectivity index (χ3v) is 11.6. The highest BCUT2D eigenvalue weighted by molar-refractivity contribution is 5.68. The van der Waals surface area contributed by atoms with Crippen LogP contribution in [0.15, 0.2) is 0 Å². The molecular weight excluding hydrogens is 667 g/mol. The molecule has 0 aliphatic heterocycles. The molecule has 0 fully saturated rings. The van der Waals surface area contributed by atoms with E-state index in [9.17, 15) is 4.79 Å². The Bertz CT molecular complexity index is 821. The summed E-state index contributed by atoms with van der Waals surface area (Å²) in [6.45, 7) is 22.5. The van der Waals surface area contributed by atoms with Crippen molar-refractivity contribution in [2.24, 2.45) is 5.41 Å². The summed E-state index contributed by atoms with van der Waals surface area (Å²) in [7, 11) is 1.76. The predicted octanol–water partition coefficient (Wildman–Crippen LogP) is 16.2. The number of carbonyl (C=O) groups excluding carboxylic acids is 1. The van der Waals surface area contributed by atoms with Gasteiger partial charge in [0.05, 0.1) is 17.8 Å². The highest BCUT2D eigenvalue weighted by Crippen LogP contribution is 2.38. The lowest BCUT2D eigenvalue weighted by Gasteiger charge is -2.40. The number of ether oxygens (including phenoxy) is 3. The molecule has 0 radical (unpaired) electrons. The van der Waals surface area contributed by atoms with Gasteiger partial charge in [0.1, 0.15) is 5.60 Å². The van der Waals surface area contributed by atoms with E-state index in [1.165, 1.54) is 167 Å². The van der Waals surface area contributed by atoms with E-state index >= 15 is 0 Å². The number of unbranched alkanes of at least 4 members (excludes halogenated alkanes) is 24. The Kier molecular flexibility index (Phi) is 31.7. The minimum atomic E-state index is -0.572. The van der Waals surface area contributed by atoms with Gasteiger partial charge in [-0.2, -0.15) is 0 Å². The number of alkyl carbamates (subject to hydrolysis) is 1. The molecule has 0 heterocycles. The van der Waals surface area contributed by atoms with Gasteiger partial charge in [-0.15, -0.1) is 0 Å². The van der Waals surface area contributed by atoms with Crippen molar-refractivity contribution in [3.8, 4) is 0 Å². The molecule has 0 spiro atoms. The first-order valence-corrected chi connectivity index (χ1v) is 23.8. The fourth-order valence-electron chi connectivity index (χ4n) is 8.68. The van der Waals surface area contributed by atoms with Crippen molar-refractivity contribution in [3.05, 3.63) is 0 Å². The number of carbonyl (C=O) groups is 1. The summed E-state index contributed by atoms with van der Waals surface area (Å²) in [6, 6.07) is 0.199. The Morgan fingerprint density at radius 2 is 0.815 bits per heavy atom. The number of nitrogens with one attached hydrogen (secondary N) is 1. The van der Waals surface area contributed by atoms with Crippen molar-refractivity contribution < 1.29 is 19.0 Å². The molecule has 1 amide bonds. The molecule has 0 saturated carbocycles. The molecule has 0 aliphatic carbocycles. The van der Waals surface area contributed by atoms with E-state index in [2.05, 4.69) is 74.6 Å². The first-order valence-electron chi connectivity index (χ1n) is 23.8. The minimum Gasteiger partial charge on any atom is -0.444 e. The molecule has 0 aromatic carbocycles. The largest absolute Gasteiger partial charge is 0.444 e. The molecule has 0 bridgehead atoms. The molecule has 0 rings (SSSR count). The monoisotopic (exact) mass is 766 g/mol. The smallest absolute Gasteiger partial charge is 0.407 e. The van der Waals surface area contributed by atoms with Crippen molar-refractivity contribution in [1.82, 2.24) is 5.32 Å². The van der Waals surface area contributed by atoms with Crippen molar-refractivity contribution in [2.75, 3.05) is 13.7 Å². The van der Waals surface area contributed by atoms with Crippen LogP contribution < -0.4 is 5.32 Å². The van der Waals surface area contributed by atoms with Gasteiger partial charge in [-0.1, -0.05) is 195 Å². The van der Waals surface area contributed by atoms with E-state index < -0.39 is 5.60 Å². The van der Waals surface area contributed by atoms with Gasteiger partial charge in [-0.05, 0) is 79.1 Å². The predicted molar refractivity (Wildman–Crippen MR) is 237 cm³/mol. The topological polar surface area (TPSA) is 56.8 Å². The Balaban J connectivity index is 4.77. The molecule has 0 atom stereocenters. The summed E-state index contributed by atoms with van der Waals surface area (Å²) in [5, 5.41) is 3.34. The standard InChI is InChI=1S/C49H99NO4/c1-12-14-16-18-20-22-24-26-28-30-32-34-36-38-44(39-37-35-33-31-29-27-25-23-21-19-17-15-13-2)50-45(51)54-49(9,10)43-46(3,4)42-48(7,8)53-41-40-47(5,6)52-11/h44H,12-43H2,1-11H3,(H,50,51). The van der Waals surface area contributed by atoms with Crippen LogP contribution >= 0.6 is 0 Å². The van der Waals surface area contributed by atoms with Gasteiger partial charge >= 0.3 is 6.09 Å². The van der Waals surface area contributed by atoms with Gasteiger partial charge in [0.15, 0.2) is 0 Å². The molecule has 5 heteroatoms. The van der Waals surface area contributed by atoms with Crippen LogP contribution in [0.5, 0.6) is 0 Å². The highest BCUT2D eigenvalue weighted by atomic mass is 16.6. The Morgan fingerprint density at radius 1 is 0.481 bits per heavy atom. The van der Waals surface area contributed by atoms with E-state index in [1.807, 2.05) is 0 Å². The van der Waals surface area contributed by atoms with Crippen molar-refractivity contribution >= 4 is 6.09 Å². The highest BCUT2D eigenvalue weighted by Gasteiger charge is 2.37. The maximum atomic E-state index is 13.4. The van der Waals surface area contributed by atoms with Crippen LogP contribution in [-0.4, -0.2) is 42.7 Å². The van der Waals surface area contributed by atoms with Crippen LogP contribution in [0.1, 0.15) is 268 Å². The maximum Gasteiger partial charge on any atom is 0.407 e.